The average Bonchev–Trinajstić information content (AvgIpc) is 3.56. The predicted octanol–water partition coefficient (Wildman–Crippen LogP) is -6.01. The van der Waals surface area contributed by atoms with E-state index in [-0.39, 0.29) is 26.1 Å². The third kappa shape index (κ3) is 6.91. The lowest BCUT2D eigenvalue weighted by Crippen LogP contribution is -2.69. The van der Waals surface area contributed by atoms with Gasteiger partial charge >= 0.3 is 0 Å². The molecule has 16 nitrogen and oxygen atoms in total. The van der Waals surface area contributed by atoms with E-state index in [0.717, 1.165) is 0 Å². The Morgan fingerprint density at radius 2 is 1.90 bits per heavy atom. The Hall–Kier alpha value is -1.51. The number of carbonyl (C=O) groups excluding carboxylic acids is 1. The number of amides is 1. The van der Waals surface area contributed by atoms with Gasteiger partial charge in [0.05, 0.1) is 37.9 Å². The van der Waals surface area contributed by atoms with E-state index in [1.807, 2.05) is 6.08 Å². The van der Waals surface area contributed by atoms with Crippen LogP contribution >= 0.6 is 0 Å². The maximum atomic E-state index is 12.9. The molecule has 1 amide bonds. The van der Waals surface area contributed by atoms with Crippen LogP contribution in [0.2, 0.25) is 0 Å². The van der Waals surface area contributed by atoms with Crippen LogP contribution in [-0.4, -0.2) is 143 Å². The molecular formula is C26H49N7O9. The number of carbonyl (C=O) groups is 1. The summed E-state index contributed by atoms with van der Waals surface area (Å²) < 4.78 is 18.1. The summed E-state index contributed by atoms with van der Waals surface area (Å²) in [4.78, 5) is 12.9. The van der Waals surface area contributed by atoms with Crippen LogP contribution in [0.5, 0.6) is 0 Å². The van der Waals surface area contributed by atoms with Crippen LogP contribution in [0, 0.1) is 5.92 Å². The van der Waals surface area contributed by atoms with E-state index in [1.54, 1.807) is 7.05 Å². The second-order valence-electron chi connectivity index (χ2n) is 12.4. The van der Waals surface area contributed by atoms with E-state index in [2.05, 4.69) is 16.0 Å². The number of aliphatic hydroxyl groups is 5. The van der Waals surface area contributed by atoms with Crippen molar-refractivity contribution in [1.29, 1.82) is 0 Å². The standard InChI is InChI=1S/C26H49N7O9/c1-25(38)10-40-23(19(36)22(25)31-2)42-21-15(33-24(37)26(39)6-16(26)30)5-14(29)17(18(21)35)20-13(28)4-3-12(41-20)8-32-7-11(27)9-34/h3,11,13-23,31-32,34-36,38-39H,4-10,27-30H2,1-2H3,(H,33,37). The molecule has 0 radical (unpaired) electrons. The predicted molar refractivity (Wildman–Crippen MR) is 149 cm³/mol. The normalized spacial score (nSPS) is 46.4. The summed E-state index contributed by atoms with van der Waals surface area (Å²) in [5.41, 5.74) is 21.4. The Balaban J connectivity index is 1.54. The van der Waals surface area contributed by atoms with E-state index in [0.29, 0.717) is 25.3 Å². The topological polar surface area (TPSA) is 286 Å². The van der Waals surface area contributed by atoms with Gasteiger partial charge in [0.2, 0.25) is 0 Å². The SMILES string of the molecule is CNC1C(O)C(OC2C(NC(=O)C3(O)CC3N)CC(N)C(C3OC(CNCC(N)CO)=CCC3N)C2O)OCC1(C)O. The van der Waals surface area contributed by atoms with Gasteiger partial charge in [0.25, 0.3) is 5.91 Å². The Bertz CT molecular complexity index is 976. The number of hydrogen-bond donors (Lipinski definition) is 12. The van der Waals surface area contributed by atoms with Gasteiger partial charge in [0, 0.05) is 43.1 Å². The molecule has 16 N–H and O–H groups in total. The zero-order chi connectivity index (χ0) is 31.0. The summed E-state index contributed by atoms with van der Waals surface area (Å²) in [6.07, 6.45) is -3.35. The van der Waals surface area contributed by atoms with Gasteiger partial charge in [-0.3, -0.25) is 4.79 Å². The molecule has 14 atom stereocenters. The number of likely N-dealkylation sites (N-methyl/N-ethyl adjacent to an activating group) is 1. The molecule has 4 aliphatic rings. The second-order valence-corrected chi connectivity index (χ2v) is 12.4. The summed E-state index contributed by atoms with van der Waals surface area (Å²) in [5.74, 6) is -0.887. The molecule has 16 heteroatoms. The summed E-state index contributed by atoms with van der Waals surface area (Å²) in [7, 11) is 1.58. The second kappa shape index (κ2) is 13.2. The van der Waals surface area contributed by atoms with Crippen LogP contribution in [0.3, 0.4) is 0 Å². The van der Waals surface area contributed by atoms with Crippen molar-refractivity contribution >= 4 is 5.91 Å². The molecule has 2 heterocycles. The molecule has 0 aromatic rings. The maximum Gasteiger partial charge on any atom is 0.253 e. The molecular weight excluding hydrogens is 554 g/mol. The summed E-state index contributed by atoms with van der Waals surface area (Å²) in [5, 5.41) is 61.8. The van der Waals surface area contributed by atoms with Crippen LogP contribution in [0.4, 0.5) is 0 Å². The largest absolute Gasteiger partial charge is 0.492 e. The van der Waals surface area contributed by atoms with Crippen LogP contribution in [0.25, 0.3) is 0 Å². The van der Waals surface area contributed by atoms with Crippen molar-refractivity contribution in [2.24, 2.45) is 28.9 Å². The van der Waals surface area contributed by atoms with Crippen LogP contribution in [0.1, 0.15) is 26.2 Å². The minimum absolute atomic E-state index is 0.0921. The van der Waals surface area contributed by atoms with Crippen LogP contribution in [0.15, 0.2) is 11.8 Å². The van der Waals surface area contributed by atoms with Gasteiger partial charge in [-0.2, -0.15) is 0 Å². The van der Waals surface area contributed by atoms with E-state index >= 15 is 0 Å². The summed E-state index contributed by atoms with van der Waals surface area (Å²) >= 11 is 0. The Kier molecular flexibility index (Phi) is 10.5. The highest BCUT2D eigenvalue weighted by Gasteiger charge is 2.59. The molecule has 1 saturated heterocycles. The highest BCUT2D eigenvalue weighted by molar-refractivity contribution is 5.89. The lowest BCUT2D eigenvalue weighted by atomic mass is 9.72. The molecule has 0 spiro atoms. The van der Waals surface area contributed by atoms with E-state index in [9.17, 15) is 25.2 Å². The number of hydrogen-bond acceptors (Lipinski definition) is 15. The number of ether oxygens (including phenoxy) is 3. The van der Waals surface area contributed by atoms with Gasteiger partial charge in [-0.05, 0) is 32.9 Å². The quantitative estimate of drug-likeness (QED) is 0.105. The first-order valence-electron chi connectivity index (χ1n) is 14.5. The maximum absolute atomic E-state index is 12.9. The lowest BCUT2D eigenvalue weighted by Gasteiger charge is -2.50. The zero-order valence-electron chi connectivity index (χ0n) is 24.1. The van der Waals surface area contributed by atoms with Crippen LogP contribution < -0.4 is 38.9 Å². The molecule has 42 heavy (non-hydrogen) atoms. The van der Waals surface area contributed by atoms with Gasteiger partial charge in [0.15, 0.2) is 11.9 Å². The van der Waals surface area contributed by atoms with E-state index in [1.165, 1.54) is 6.92 Å². The van der Waals surface area contributed by atoms with Crippen molar-refractivity contribution in [1.82, 2.24) is 16.0 Å². The smallest absolute Gasteiger partial charge is 0.253 e. The monoisotopic (exact) mass is 603 g/mol. The lowest BCUT2D eigenvalue weighted by molar-refractivity contribution is -0.297. The summed E-state index contributed by atoms with van der Waals surface area (Å²) in [6.45, 7) is 1.85. The van der Waals surface area contributed by atoms with E-state index in [4.69, 9.17) is 42.3 Å². The molecule has 2 saturated carbocycles. The van der Waals surface area contributed by atoms with Gasteiger partial charge in [-0.15, -0.1) is 0 Å². The van der Waals surface area contributed by atoms with Crippen molar-refractivity contribution in [2.45, 2.75) is 104 Å². The van der Waals surface area contributed by atoms with Crippen molar-refractivity contribution < 1.29 is 44.5 Å². The Labute approximate surface area is 245 Å². The number of aliphatic hydroxyl groups excluding tert-OH is 3. The molecule has 2 aliphatic heterocycles. The van der Waals surface area contributed by atoms with Gasteiger partial charge in [-0.25, -0.2) is 0 Å². The number of rotatable bonds is 11. The molecule has 0 aromatic heterocycles. The van der Waals surface area contributed by atoms with Crippen molar-refractivity contribution in [3.63, 3.8) is 0 Å². The molecule has 3 fully saturated rings. The fourth-order valence-corrected chi connectivity index (χ4v) is 6.24. The first kappa shape index (κ1) is 33.4. The first-order valence-corrected chi connectivity index (χ1v) is 14.5. The Morgan fingerprint density at radius 1 is 1.21 bits per heavy atom. The molecule has 4 rings (SSSR count). The molecule has 2 aliphatic carbocycles. The van der Waals surface area contributed by atoms with Gasteiger partial charge in [-0.1, -0.05) is 0 Å². The molecule has 242 valence electrons. The molecule has 0 bridgehead atoms. The fraction of sp³-hybridized carbons (Fsp3) is 0.885. The average molecular weight is 604 g/mol. The Morgan fingerprint density at radius 3 is 2.52 bits per heavy atom. The minimum atomic E-state index is -1.73. The highest BCUT2D eigenvalue weighted by Crippen LogP contribution is 2.38. The van der Waals surface area contributed by atoms with E-state index < -0.39 is 90.0 Å². The third-order valence-corrected chi connectivity index (χ3v) is 8.92. The number of nitrogens with two attached hydrogens (primary N) is 4. The van der Waals surface area contributed by atoms with Crippen molar-refractivity contribution in [3.8, 4) is 0 Å². The first-order chi connectivity index (χ1) is 19.7. The molecule has 0 aromatic carbocycles. The van der Waals surface area contributed by atoms with Crippen molar-refractivity contribution in [3.05, 3.63) is 11.8 Å². The number of nitrogens with one attached hydrogen (secondary N) is 3. The molecule has 14 unspecified atom stereocenters. The van der Waals surface area contributed by atoms with Crippen LogP contribution in [-0.2, 0) is 19.0 Å². The third-order valence-electron chi connectivity index (χ3n) is 8.92. The van der Waals surface area contributed by atoms with Crippen molar-refractivity contribution in [2.75, 3.05) is 33.4 Å². The minimum Gasteiger partial charge on any atom is -0.492 e. The van der Waals surface area contributed by atoms with Gasteiger partial charge < -0.3 is 78.6 Å². The highest BCUT2D eigenvalue weighted by atomic mass is 16.7. The van der Waals surface area contributed by atoms with Gasteiger partial charge in [0.1, 0.15) is 29.7 Å². The zero-order valence-corrected chi connectivity index (χ0v) is 24.1. The summed E-state index contributed by atoms with van der Waals surface area (Å²) in [6, 6.07) is -4.08. The fourth-order valence-electron chi connectivity index (χ4n) is 6.24.